The molecule has 2 aromatic heterocycles. The maximum Gasteiger partial charge on any atom is 0.296 e. The zero-order chi connectivity index (χ0) is 24.0. The van der Waals surface area contributed by atoms with Gasteiger partial charge in [0.25, 0.3) is 17.6 Å². The van der Waals surface area contributed by atoms with E-state index in [-0.39, 0.29) is 17.4 Å². The van der Waals surface area contributed by atoms with Crippen LogP contribution in [0.25, 0.3) is 0 Å². The molecule has 3 aromatic rings. The van der Waals surface area contributed by atoms with Crippen LogP contribution < -0.4 is 11.1 Å². The van der Waals surface area contributed by atoms with Crippen molar-refractivity contribution in [2.75, 3.05) is 17.6 Å². The smallest absolute Gasteiger partial charge is 0.296 e. The molecule has 0 aliphatic carbocycles. The quantitative estimate of drug-likeness (QED) is 0.439. The highest BCUT2D eigenvalue weighted by Gasteiger charge is 2.33. The number of nitrogen functional groups attached to an aromatic ring is 1. The molecule has 0 unspecified atom stereocenters. The van der Waals surface area contributed by atoms with Crippen molar-refractivity contribution in [1.82, 2.24) is 14.5 Å². The number of Topliss-reactive ketones (excluding diaryl/α,β-unsaturated/α-hetero) is 1. The Morgan fingerprint density at radius 3 is 2.76 bits per heavy atom. The molecule has 34 heavy (non-hydrogen) atoms. The zero-order valence-corrected chi connectivity index (χ0v) is 19.5. The molecule has 176 valence electrons. The number of carbonyl (C=O) groups excluding carboxylic acids is 3. The first kappa shape index (κ1) is 22.3. The molecule has 3 N–H and O–H groups in total. The molecule has 2 amide bonds. The molecule has 2 aliphatic heterocycles. The van der Waals surface area contributed by atoms with Gasteiger partial charge in [-0.15, -0.1) is 11.3 Å². The van der Waals surface area contributed by atoms with Crippen LogP contribution in [-0.2, 0) is 30.7 Å². The fraction of sp³-hybridized carbons (Fsp3) is 0.333. The molecule has 2 aliphatic rings. The van der Waals surface area contributed by atoms with Crippen LogP contribution in [0.15, 0.2) is 24.3 Å². The van der Waals surface area contributed by atoms with Crippen molar-refractivity contribution in [2.45, 2.75) is 45.7 Å². The topological polar surface area (TPSA) is 110 Å². The number of nitrogens with one attached hydrogen (secondary N) is 1. The zero-order valence-electron chi connectivity index (χ0n) is 18.7. The molecule has 4 heterocycles. The van der Waals surface area contributed by atoms with Gasteiger partial charge < -0.3 is 20.5 Å². The summed E-state index contributed by atoms with van der Waals surface area (Å²) in [7, 11) is 0. The highest BCUT2D eigenvalue weighted by atomic mass is 32.1. The number of carbonyl (C=O) groups is 3. The number of aryl methyl sites for hydroxylation is 1. The van der Waals surface area contributed by atoms with Crippen LogP contribution in [0.5, 0.6) is 0 Å². The van der Waals surface area contributed by atoms with Crippen molar-refractivity contribution < 1.29 is 18.8 Å². The Morgan fingerprint density at radius 1 is 1.15 bits per heavy atom. The van der Waals surface area contributed by atoms with E-state index >= 15 is 0 Å². The summed E-state index contributed by atoms with van der Waals surface area (Å²) in [4.78, 5) is 46.2. The van der Waals surface area contributed by atoms with E-state index in [1.807, 2.05) is 0 Å². The average Bonchev–Trinajstić information content (AvgIpc) is 3.40. The van der Waals surface area contributed by atoms with E-state index in [0.29, 0.717) is 54.4 Å². The van der Waals surface area contributed by atoms with Gasteiger partial charge in [-0.2, -0.15) is 0 Å². The summed E-state index contributed by atoms with van der Waals surface area (Å²) in [5, 5.41) is 3.25. The molecule has 0 atom stereocenters. The second-order valence-electron chi connectivity index (χ2n) is 8.64. The van der Waals surface area contributed by atoms with E-state index in [0.717, 1.165) is 29.1 Å². The first-order valence-corrected chi connectivity index (χ1v) is 12.0. The van der Waals surface area contributed by atoms with Crippen LogP contribution in [0.1, 0.15) is 55.5 Å². The third kappa shape index (κ3) is 3.98. The number of halogens is 1. The Hall–Kier alpha value is -3.53. The molecule has 0 radical (unpaired) electrons. The van der Waals surface area contributed by atoms with Crippen molar-refractivity contribution >= 4 is 39.8 Å². The van der Waals surface area contributed by atoms with Gasteiger partial charge in [0, 0.05) is 35.8 Å². The SMILES string of the molecule is Cc1cc(NC(=O)c2cc(C(=O)C(=O)N3CCc4nc(N)sc4C3)n3c2CCCC3)ccc1F. The third-order valence-corrected chi connectivity index (χ3v) is 7.29. The van der Waals surface area contributed by atoms with Gasteiger partial charge in [0.15, 0.2) is 5.13 Å². The number of ketones is 1. The molecule has 0 fully saturated rings. The van der Waals surface area contributed by atoms with Crippen molar-refractivity contribution in [2.24, 2.45) is 0 Å². The maximum absolute atomic E-state index is 13.6. The number of hydrogen-bond acceptors (Lipinski definition) is 6. The molecule has 0 saturated carbocycles. The molecular weight excluding hydrogens is 457 g/mol. The Morgan fingerprint density at radius 2 is 1.97 bits per heavy atom. The highest BCUT2D eigenvalue weighted by molar-refractivity contribution is 7.15. The molecule has 5 rings (SSSR count). The van der Waals surface area contributed by atoms with Gasteiger partial charge in [-0.25, -0.2) is 9.37 Å². The molecule has 0 spiro atoms. The first-order valence-electron chi connectivity index (χ1n) is 11.2. The summed E-state index contributed by atoms with van der Waals surface area (Å²) in [5.74, 6) is -1.95. The van der Waals surface area contributed by atoms with Crippen LogP contribution in [0, 0.1) is 12.7 Å². The van der Waals surface area contributed by atoms with Crippen molar-refractivity contribution in [1.29, 1.82) is 0 Å². The van der Waals surface area contributed by atoms with Crippen LogP contribution >= 0.6 is 11.3 Å². The van der Waals surface area contributed by atoms with E-state index in [4.69, 9.17) is 5.73 Å². The molecule has 0 saturated heterocycles. The Bertz CT molecular complexity index is 1330. The number of hydrogen-bond donors (Lipinski definition) is 2. The highest BCUT2D eigenvalue weighted by Crippen LogP contribution is 2.29. The van der Waals surface area contributed by atoms with Crippen LogP contribution in [0.3, 0.4) is 0 Å². The summed E-state index contributed by atoms with van der Waals surface area (Å²) in [6, 6.07) is 5.87. The molecule has 0 bridgehead atoms. The van der Waals surface area contributed by atoms with Crippen molar-refractivity contribution in [3.05, 3.63) is 63.2 Å². The molecule has 10 heteroatoms. The lowest BCUT2D eigenvalue weighted by molar-refractivity contribution is -0.127. The predicted octanol–water partition coefficient (Wildman–Crippen LogP) is 3.33. The summed E-state index contributed by atoms with van der Waals surface area (Å²) in [6.45, 7) is 2.89. The predicted molar refractivity (Wildman–Crippen MR) is 126 cm³/mol. The van der Waals surface area contributed by atoms with Crippen molar-refractivity contribution in [3.63, 3.8) is 0 Å². The van der Waals surface area contributed by atoms with Crippen LogP contribution in [-0.4, -0.2) is 38.6 Å². The lowest BCUT2D eigenvalue weighted by Gasteiger charge is -2.26. The van der Waals surface area contributed by atoms with E-state index in [2.05, 4.69) is 10.3 Å². The average molecular weight is 482 g/mol. The van der Waals surface area contributed by atoms with E-state index in [1.54, 1.807) is 17.6 Å². The fourth-order valence-electron chi connectivity index (χ4n) is 4.62. The minimum absolute atomic E-state index is 0.231. The molecule has 1 aromatic carbocycles. The summed E-state index contributed by atoms with van der Waals surface area (Å²) in [5.41, 5.74) is 8.91. The van der Waals surface area contributed by atoms with E-state index in [1.165, 1.54) is 34.4 Å². The number of rotatable bonds is 4. The van der Waals surface area contributed by atoms with E-state index in [9.17, 15) is 18.8 Å². The van der Waals surface area contributed by atoms with Crippen molar-refractivity contribution in [3.8, 4) is 0 Å². The largest absolute Gasteiger partial charge is 0.375 e. The standard InChI is InChI=1S/C24H24FN5O3S/c1-13-10-14(5-6-16(13)25)27-22(32)15-11-19(30-8-3-2-4-18(15)30)21(31)23(33)29-9-7-17-20(12-29)34-24(26)28-17/h5-6,10-11H,2-4,7-9,12H2,1H3,(H2,26,28)(H,27,32). The van der Waals surface area contributed by atoms with Gasteiger partial charge in [0.1, 0.15) is 5.82 Å². The summed E-state index contributed by atoms with van der Waals surface area (Å²) < 4.78 is 15.4. The number of fused-ring (bicyclic) bond motifs is 2. The number of nitrogens with two attached hydrogens (primary N) is 1. The molecule has 8 nitrogen and oxygen atoms in total. The van der Waals surface area contributed by atoms with Crippen LogP contribution in [0.4, 0.5) is 15.2 Å². The lowest BCUT2D eigenvalue weighted by Crippen LogP contribution is -2.40. The minimum Gasteiger partial charge on any atom is -0.375 e. The fourth-order valence-corrected chi connectivity index (χ4v) is 5.52. The first-order chi connectivity index (χ1) is 16.3. The number of anilines is 2. The van der Waals surface area contributed by atoms with Gasteiger partial charge in [-0.05, 0) is 56.0 Å². The minimum atomic E-state index is -0.624. The van der Waals surface area contributed by atoms with Crippen LogP contribution in [0.2, 0.25) is 0 Å². The summed E-state index contributed by atoms with van der Waals surface area (Å²) in [6.07, 6.45) is 2.95. The maximum atomic E-state index is 13.6. The van der Waals surface area contributed by atoms with Gasteiger partial charge >= 0.3 is 0 Å². The molecular formula is C24H24FN5O3S. The number of amides is 2. The number of benzene rings is 1. The second-order valence-corrected chi connectivity index (χ2v) is 9.76. The van der Waals surface area contributed by atoms with E-state index < -0.39 is 11.7 Å². The third-order valence-electron chi connectivity index (χ3n) is 6.38. The Kier molecular flexibility index (Phi) is 5.68. The lowest BCUT2D eigenvalue weighted by atomic mass is 10.1. The van der Waals surface area contributed by atoms with Gasteiger partial charge in [-0.1, -0.05) is 0 Å². The Balaban J connectivity index is 1.41. The van der Waals surface area contributed by atoms with Gasteiger partial charge in [-0.3, -0.25) is 14.4 Å². The van der Waals surface area contributed by atoms with Gasteiger partial charge in [0.2, 0.25) is 0 Å². The number of aromatic nitrogens is 2. The monoisotopic (exact) mass is 481 g/mol. The van der Waals surface area contributed by atoms with Gasteiger partial charge in [0.05, 0.1) is 23.5 Å². The number of nitrogens with zero attached hydrogens (tertiary/aromatic N) is 3. The Labute approximate surface area is 199 Å². The number of thiazole rings is 1. The normalized spacial score (nSPS) is 14.9. The second kappa shape index (κ2) is 8.68. The summed E-state index contributed by atoms with van der Waals surface area (Å²) >= 11 is 1.33.